The van der Waals surface area contributed by atoms with E-state index in [9.17, 15) is 14.7 Å². The van der Waals surface area contributed by atoms with Crippen molar-refractivity contribution < 1.29 is 19.4 Å². The van der Waals surface area contributed by atoms with Crippen molar-refractivity contribution in [3.8, 4) is 0 Å². The Balaban J connectivity index is 1.10. The average Bonchev–Trinajstić information content (AvgIpc) is 3.03. The molecule has 3 aromatic rings. The highest BCUT2D eigenvalue weighted by Crippen LogP contribution is 2.30. The van der Waals surface area contributed by atoms with Gasteiger partial charge in [0.05, 0.1) is 17.7 Å². The molecule has 0 saturated carbocycles. The van der Waals surface area contributed by atoms with Gasteiger partial charge in [-0.15, -0.1) is 0 Å². The number of hydrogen-bond donors (Lipinski definition) is 1. The Bertz CT molecular complexity index is 1100. The van der Waals surface area contributed by atoms with Crippen molar-refractivity contribution in [3.05, 3.63) is 107 Å². The van der Waals surface area contributed by atoms with E-state index < -0.39 is 11.9 Å². The van der Waals surface area contributed by atoms with Crippen molar-refractivity contribution in [2.45, 2.75) is 109 Å². The Kier molecular flexibility index (Phi) is 16.1. The molecule has 0 spiro atoms. The normalized spacial score (nSPS) is 11.1. The van der Waals surface area contributed by atoms with Gasteiger partial charge in [-0.2, -0.15) is 0 Å². The molecular weight excluding hydrogens is 520 g/mol. The highest BCUT2D eigenvalue weighted by molar-refractivity contribution is 6.02. The molecular formula is C38H50O4. The minimum Gasteiger partial charge on any atom is -0.478 e. The van der Waals surface area contributed by atoms with Gasteiger partial charge in [0, 0.05) is 5.92 Å². The van der Waals surface area contributed by atoms with Gasteiger partial charge >= 0.3 is 11.9 Å². The molecule has 0 aliphatic rings. The molecule has 0 fully saturated rings. The summed E-state index contributed by atoms with van der Waals surface area (Å²) in [6, 6.07) is 28.1. The zero-order chi connectivity index (χ0) is 29.7. The lowest BCUT2D eigenvalue weighted by Crippen LogP contribution is -2.12. The Morgan fingerprint density at radius 3 is 1.33 bits per heavy atom. The predicted molar refractivity (Wildman–Crippen MR) is 172 cm³/mol. The van der Waals surface area contributed by atoms with Crippen LogP contribution in [0.15, 0.2) is 84.9 Å². The van der Waals surface area contributed by atoms with Gasteiger partial charge in [-0.3, -0.25) is 0 Å². The fourth-order valence-electron chi connectivity index (χ4n) is 5.74. The van der Waals surface area contributed by atoms with E-state index in [1.54, 1.807) is 12.1 Å². The van der Waals surface area contributed by atoms with Crippen molar-refractivity contribution in [1.82, 2.24) is 0 Å². The number of unbranched alkanes of at least 4 members (excludes halogenated alkanes) is 14. The van der Waals surface area contributed by atoms with E-state index in [0.29, 0.717) is 12.5 Å². The first-order valence-corrected chi connectivity index (χ1v) is 16.3. The number of carboxylic acids is 1. The number of rotatable bonds is 22. The third-order valence-electron chi connectivity index (χ3n) is 8.15. The van der Waals surface area contributed by atoms with Crippen LogP contribution in [0.5, 0.6) is 0 Å². The number of carboxylic acid groups (broad SMARTS) is 1. The van der Waals surface area contributed by atoms with E-state index in [0.717, 1.165) is 19.3 Å². The molecule has 3 rings (SSSR count). The van der Waals surface area contributed by atoms with E-state index in [1.807, 2.05) is 0 Å². The second-order valence-corrected chi connectivity index (χ2v) is 11.5. The van der Waals surface area contributed by atoms with Crippen molar-refractivity contribution in [2.75, 3.05) is 6.61 Å². The fraction of sp³-hybridized carbons (Fsp3) is 0.474. The van der Waals surface area contributed by atoms with Gasteiger partial charge in [0.25, 0.3) is 0 Å². The van der Waals surface area contributed by atoms with Gasteiger partial charge < -0.3 is 9.84 Å². The van der Waals surface area contributed by atoms with Crippen LogP contribution in [0.25, 0.3) is 0 Å². The summed E-state index contributed by atoms with van der Waals surface area (Å²) in [6.45, 7) is 0.342. The number of benzene rings is 3. The molecule has 0 amide bonds. The Morgan fingerprint density at radius 2 is 0.881 bits per heavy atom. The second kappa shape index (κ2) is 20.5. The molecule has 226 valence electrons. The van der Waals surface area contributed by atoms with Gasteiger partial charge in [-0.05, 0) is 36.1 Å². The molecule has 0 aliphatic heterocycles. The molecule has 0 saturated heterocycles. The van der Waals surface area contributed by atoms with E-state index >= 15 is 0 Å². The summed E-state index contributed by atoms with van der Waals surface area (Å²) in [5.41, 5.74) is 2.98. The molecule has 0 bridgehead atoms. The standard InChI is InChI=1S/C38H50O4/c39-37(40)35-29-21-22-30-36(35)38(41)42-31-23-13-11-9-7-5-3-1-2-4-6-8-10-12-20-28-34(32-24-16-14-17-25-32)33-26-18-15-19-27-33/h14-19,21-22,24-27,29-30,34H,1-13,20,23,28,31H2,(H,39,40). The summed E-state index contributed by atoms with van der Waals surface area (Å²) < 4.78 is 5.28. The Morgan fingerprint density at radius 1 is 0.500 bits per heavy atom. The van der Waals surface area contributed by atoms with Gasteiger partial charge in [0.15, 0.2) is 0 Å². The average molecular weight is 571 g/mol. The number of hydrogen-bond acceptors (Lipinski definition) is 3. The highest BCUT2D eigenvalue weighted by Gasteiger charge is 2.16. The maximum atomic E-state index is 12.2. The van der Waals surface area contributed by atoms with Crippen LogP contribution in [-0.4, -0.2) is 23.7 Å². The van der Waals surface area contributed by atoms with Crippen LogP contribution < -0.4 is 0 Å². The zero-order valence-electron chi connectivity index (χ0n) is 25.4. The molecule has 4 nitrogen and oxygen atoms in total. The summed E-state index contributed by atoms with van der Waals surface area (Å²) in [4.78, 5) is 23.4. The largest absolute Gasteiger partial charge is 0.478 e. The summed E-state index contributed by atoms with van der Waals surface area (Å²) in [6.07, 6.45) is 20.2. The molecule has 42 heavy (non-hydrogen) atoms. The van der Waals surface area contributed by atoms with Gasteiger partial charge in [-0.25, -0.2) is 9.59 Å². The molecule has 0 aromatic heterocycles. The van der Waals surface area contributed by atoms with Crippen LogP contribution in [0.3, 0.4) is 0 Å². The molecule has 0 aliphatic carbocycles. The topological polar surface area (TPSA) is 63.6 Å². The van der Waals surface area contributed by atoms with E-state index in [1.165, 1.54) is 107 Å². The van der Waals surface area contributed by atoms with E-state index in [-0.39, 0.29) is 11.1 Å². The number of ether oxygens (including phenoxy) is 1. The Hall–Kier alpha value is -3.40. The quantitative estimate of drug-likeness (QED) is 0.0964. The van der Waals surface area contributed by atoms with Crippen molar-refractivity contribution >= 4 is 11.9 Å². The summed E-state index contributed by atoms with van der Waals surface area (Å²) in [5, 5.41) is 9.20. The van der Waals surface area contributed by atoms with Crippen LogP contribution in [0.1, 0.15) is 140 Å². The van der Waals surface area contributed by atoms with Crippen LogP contribution in [-0.2, 0) is 4.74 Å². The third-order valence-corrected chi connectivity index (χ3v) is 8.15. The monoisotopic (exact) mass is 570 g/mol. The first-order valence-electron chi connectivity index (χ1n) is 16.3. The number of aromatic carboxylic acids is 1. The molecule has 0 heterocycles. The first kappa shape index (κ1) is 33.1. The second-order valence-electron chi connectivity index (χ2n) is 11.5. The van der Waals surface area contributed by atoms with Gasteiger partial charge in [0.1, 0.15) is 0 Å². The van der Waals surface area contributed by atoms with Crippen molar-refractivity contribution in [3.63, 3.8) is 0 Å². The van der Waals surface area contributed by atoms with Crippen LogP contribution in [0.2, 0.25) is 0 Å². The number of esters is 1. The lowest BCUT2D eigenvalue weighted by atomic mass is 9.87. The van der Waals surface area contributed by atoms with Crippen molar-refractivity contribution in [1.29, 1.82) is 0 Å². The first-order chi connectivity index (χ1) is 20.7. The third kappa shape index (κ3) is 12.6. The lowest BCUT2D eigenvalue weighted by molar-refractivity contribution is 0.0487. The molecule has 0 radical (unpaired) electrons. The number of carbonyl (C=O) groups excluding carboxylic acids is 1. The summed E-state index contributed by atoms with van der Waals surface area (Å²) >= 11 is 0. The van der Waals surface area contributed by atoms with E-state index in [2.05, 4.69) is 60.7 Å². The van der Waals surface area contributed by atoms with Crippen molar-refractivity contribution in [2.24, 2.45) is 0 Å². The molecule has 3 aromatic carbocycles. The van der Waals surface area contributed by atoms with Gasteiger partial charge in [-0.1, -0.05) is 163 Å². The SMILES string of the molecule is O=C(O)c1ccccc1C(=O)OCCCCCCCCCCCCCCCCCC(c1ccccc1)c1ccccc1. The molecule has 0 atom stereocenters. The molecule has 0 unspecified atom stereocenters. The molecule has 1 N–H and O–H groups in total. The highest BCUT2D eigenvalue weighted by atomic mass is 16.5. The smallest absolute Gasteiger partial charge is 0.339 e. The van der Waals surface area contributed by atoms with Crippen LogP contribution >= 0.6 is 0 Å². The molecule has 4 heteroatoms. The van der Waals surface area contributed by atoms with Crippen LogP contribution in [0, 0.1) is 0 Å². The van der Waals surface area contributed by atoms with Gasteiger partial charge in [0.2, 0.25) is 0 Å². The minimum absolute atomic E-state index is 0.00917. The minimum atomic E-state index is -1.11. The Labute approximate surface area is 253 Å². The summed E-state index contributed by atoms with van der Waals surface area (Å²) in [7, 11) is 0. The number of carbonyl (C=O) groups is 2. The van der Waals surface area contributed by atoms with E-state index in [4.69, 9.17) is 4.74 Å². The maximum Gasteiger partial charge on any atom is 0.339 e. The van der Waals surface area contributed by atoms with Crippen LogP contribution in [0.4, 0.5) is 0 Å². The zero-order valence-corrected chi connectivity index (χ0v) is 25.4. The summed E-state index contributed by atoms with van der Waals surface area (Å²) in [5.74, 6) is -1.16. The maximum absolute atomic E-state index is 12.2. The predicted octanol–water partition coefficient (Wildman–Crippen LogP) is 10.6. The lowest BCUT2D eigenvalue weighted by Gasteiger charge is -2.18. The fourth-order valence-corrected chi connectivity index (χ4v) is 5.74.